The topological polar surface area (TPSA) is 122 Å². The lowest BCUT2D eigenvalue weighted by Crippen LogP contribution is -2.35. The fourth-order valence-electron chi connectivity index (χ4n) is 2.57. The normalized spacial score (nSPS) is 12.9. The number of carbonyl (C=O) groups is 3. The molecule has 0 aromatic heterocycles. The zero-order chi connectivity index (χ0) is 22.1. The van der Waals surface area contributed by atoms with Gasteiger partial charge in [0, 0.05) is 28.3 Å². The Kier molecular flexibility index (Phi) is 8.57. The van der Waals surface area contributed by atoms with Crippen molar-refractivity contribution >= 4 is 33.9 Å². The van der Waals surface area contributed by atoms with E-state index in [9.17, 15) is 19.5 Å². The van der Waals surface area contributed by atoms with Crippen molar-refractivity contribution in [2.24, 2.45) is 0 Å². The quantitative estimate of drug-likeness (QED) is 0.494. The molecular formula is C21H20BrNO7. The lowest BCUT2D eigenvalue weighted by atomic mass is 10.0. The summed E-state index contributed by atoms with van der Waals surface area (Å²) in [5, 5.41) is 21.3. The molecule has 0 fully saturated rings. The Morgan fingerprint density at radius 2 is 1.87 bits per heavy atom. The standard InChI is InChI=1S/C21H20BrNO7/c1-2-29-17(10-11-18(25)26)19(15-12-14(22)8-9-16(15)24)30-21(28)23-20(27)13-6-4-3-5-7-13/h3-12,17,19,24H,2H2,1H3,(H,25,26)(H,23,27,28)/b11-10+/t17-,19-/m1/s1. The third kappa shape index (κ3) is 6.71. The van der Waals surface area contributed by atoms with Gasteiger partial charge in [-0.3, -0.25) is 10.1 Å². The monoisotopic (exact) mass is 477 g/mol. The first-order valence-corrected chi connectivity index (χ1v) is 9.69. The zero-order valence-corrected chi connectivity index (χ0v) is 17.5. The van der Waals surface area contributed by atoms with Crippen molar-refractivity contribution < 1.29 is 34.1 Å². The molecule has 0 saturated heterocycles. The van der Waals surface area contributed by atoms with Crippen molar-refractivity contribution in [2.45, 2.75) is 19.1 Å². The molecule has 0 radical (unpaired) electrons. The number of carboxylic acid groups (broad SMARTS) is 1. The highest BCUT2D eigenvalue weighted by atomic mass is 79.9. The SMILES string of the molecule is CCO[C@H](/C=C/C(=O)O)[C@H](OC(=O)NC(=O)c1ccccc1)c1cc(Br)ccc1O. The van der Waals surface area contributed by atoms with Gasteiger partial charge in [-0.15, -0.1) is 0 Å². The number of hydrogen-bond donors (Lipinski definition) is 3. The Balaban J connectivity index is 2.32. The number of halogens is 1. The van der Waals surface area contributed by atoms with E-state index in [2.05, 4.69) is 21.2 Å². The Morgan fingerprint density at radius 3 is 2.50 bits per heavy atom. The van der Waals surface area contributed by atoms with Gasteiger partial charge in [-0.1, -0.05) is 34.1 Å². The first kappa shape index (κ1) is 23.1. The zero-order valence-electron chi connectivity index (χ0n) is 15.9. The molecule has 2 aromatic carbocycles. The van der Waals surface area contributed by atoms with Crippen LogP contribution >= 0.6 is 15.9 Å². The molecular weight excluding hydrogens is 458 g/mol. The average Bonchev–Trinajstić information content (AvgIpc) is 2.72. The number of ether oxygens (including phenoxy) is 2. The maximum absolute atomic E-state index is 12.4. The lowest BCUT2D eigenvalue weighted by Gasteiger charge is -2.25. The molecule has 2 amide bonds. The molecule has 9 heteroatoms. The van der Waals surface area contributed by atoms with Crippen LogP contribution in [0.25, 0.3) is 0 Å². The number of phenolic OH excluding ortho intramolecular Hbond substituents is 1. The molecule has 0 aliphatic heterocycles. The number of alkyl carbamates (subject to hydrolysis) is 1. The summed E-state index contributed by atoms with van der Waals surface area (Å²) in [6, 6.07) is 12.5. The number of hydrogen-bond acceptors (Lipinski definition) is 6. The van der Waals surface area contributed by atoms with Gasteiger partial charge in [-0.2, -0.15) is 0 Å². The van der Waals surface area contributed by atoms with E-state index < -0.39 is 30.2 Å². The number of nitrogens with one attached hydrogen (secondary N) is 1. The van der Waals surface area contributed by atoms with Crippen molar-refractivity contribution in [1.82, 2.24) is 5.32 Å². The molecule has 0 saturated carbocycles. The minimum Gasteiger partial charge on any atom is -0.508 e. The van der Waals surface area contributed by atoms with Crippen LogP contribution in [0, 0.1) is 0 Å². The van der Waals surface area contributed by atoms with Crippen molar-refractivity contribution in [3.63, 3.8) is 0 Å². The van der Waals surface area contributed by atoms with E-state index in [1.165, 1.54) is 30.3 Å². The molecule has 30 heavy (non-hydrogen) atoms. The molecule has 0 heterocycles. The van der Waals surface area contributed by atoms with Gasteiger partial charge < -0.3 is 19.7 Å². The first-order chi connectivity index (χ1) is 14.3. The molecule has 0 aliphatic rings. The van der Waals surface area contributed by atoms with Crippen LogP contribution in [-0.2, 0) is 14.3 Å². The van der Waals surface area contributed by atoms with Crippen molar-refractivity contribution in [1.29, 1.82) is 0 Å². The fraction of sp³-hybridized carbons (Fsp3) is 0.190. The molecule has 2 rings (SSSR count). The van der Waals surface area contributed by atoms with Crippen LogP contribution in [0.4, 0.5) is 4.79 Å². The number of carboxylic acids is 1. The molecule has 0 spiro atoms. The van der Waals surface area contributed by atoms with Crippen LogP contribution in [0.3, 0.4) is 0 Å². The summed E-state index contributed by atoms with van der Waals surface area (Å²) in [5.41, 5.74) is 0.420. The van der Waals surface area contributed by atoms with E-state index in [0.29, 0.717) is 4.47 Å². The van der Waals surface area contributed by atoms with E-state index in [1.54, 1.807) is 31.2 Å². The van der Waals surface area contributed by atoms with Gasteiger partial charge in [-0.25, -0.2) is 9.59 Å². The van der Waals surface area contributed by atoms with Crippen molar-refractivity contribution in [3.05, 3.63) is 76.3 Å². The summed E-state index contributed by atoms with van der Waals surface area (Å²) >= 11 is 3.28. The van der Waals surface area contributed by atoms with Gasteiger partial charge in [0.05, 0.1) is 0 Å². The average molecular weight is 478 g/mol. The molecule has 0 unspecified atom stereocenters. The summed E-state index contributed by atoms with van der Waals surface area (Å²) < 4.78 is 11.5. The number of carbonyl (C=O) groups excluding carboxylic acids is 2. The molecule has 0 aliphatic carbocycles. The second kappa shape index (κ2) is 11.1. The van der Waals surface area contributed by atoms with E-state index in [-0.39, 0.29) is 23.5 Å². The predicted molar refractivity (Wildman–Crippen MR) is 111 cm³/mol. The van der Waals surface area contributed by atoms with Crippen LogP contribution in [0.2, 0.25) is 0 Å². The fourth-order valence-corrected chi connectivity index (χ4v) is 2.95. The molecule has 8 nitrogen and oxygen atoms in total. The smallest absolute Gasteiger partial charge is 0.414 e. The second-order valence-corrected chi connectivity index (χ2v) is 6.88. The highest BCUT2D eigenvalue weighted by molar-refractivity contribution is 9.10. The third-order valence-electron chi connectivity index (χ3n) is 3.87. The maximum Gasteiger partial charge on any atom is 0.414 e. The minimum atomic E-state index is -1.23. The lowest BCUT2D eigenvalue weighted by molar-refractivity contribution is -0.131. The number of benzene rings is 2. The number of amides is 2. The van der Waals surface area contributed by atoms with E-state index in [4.69, 9.17) is 14.6 Å². The maximum atomic E-state index is 12.4. The number of imide groups is 1. The molecule has 3 N–H and O–H groups in total. The highest BCUT2D eigenvalue weighted by Gasteiger charge is 2.29. The van der Waals surface area contributed by atoms with E-state index in [0.717, 1.165) is 6.08 Å². The Morgan fingerprint density at radius 1 is 1.17 bits per heavy atom. The van der Waals surface area contributed by atoms with Crippen LogP contribution in [0.5, 0.6) is 5.75 Å². The summed E-state index contributed by atoms with van der Waals surface area (Å²) in [7, 11) is 0. The predicted octanol–water partition coefficient (Wildman–Crippen LogP) is 3.81. The summed E-state index contributed by atoms with van der Waals surface area (Å²) in [6.07, 6.45) is -1.31. The molecule has 158 valence electrons. The Hall–Kier alpha value is -3.17. The summed E-state index contributed by atoms with van der Waals surface area (Å²) in [4.78, 5) is 35.6. The number of aromatic hydroxyl groups is 1. The van der Waals surface area contributed by atoms with Crippen LogP contribution in [0.15, 0.2) is 65.2 Å². The van der Waals surface area contributed by atoms with Crippen molar-refractivity contribution in [2.75, 3.05) is 6.61 Å². The van der Waals surface area contributed by atoms with E-state index in [1.807, 2.05) is 0 Å². The van der Waals surface area contributed by atoms with E-state index >= 15 is 0 Å². The Bertz CT molecular complexity index is 930. The number of phenols is 1. The van der Waals surface area contributed by atoms with Gasteiger partial charge in [-0.05, 0) is 43.3 Å². The first-order valence-electron chi connectivity index (χ1n) is 8.90. The second-order valence-electron chi connectivity index (χ2n) is 5.97. The van der Waals surface area contributed by atoms with Gasteiger partial charge >= 0.3 is 12.1 Å². The summed E-state index contributed by atoms with van der Waals surface area (Å²) in [6.45, 7) is 1.85. The largest absolute Gasteiger partial charge is 0.508 e. The van der Waals surface area contributed by atoms with Crippen LogP contribution in [0.1, 0.15) is 28.9 Å². The third-order valence-corrected chi connectivity index (χ3v) is 4.36. The van der Waals surface area contributed by atoms with Crippen LogP contribution in [-0.4, -0.2) is 40.9 Å². The molecule has 2 atom stereocenters. The van der Waals surface area contributed by atoms with Gasteiger partial charge in [0.15, 0.2) is 6.10 Å². The van der Waals surface area contributed by atoms with Gasteiger partial charge in [0.2, 0.25) is 0 Å². The highest BCUT2D eigenvalue weighted by Crippen LogP contribution is 2.33. The Labute approximate surface area is 181 Å². The van der Waals surface area contributed by atoms with Crippen molar-refractivity contribution in [3.8, 4) is 5.75 Å². The number of rotatable bonds is 8. The van der Waals surface area contributed by atoms with Crippen LogP contribution < -0.4 is 5.32 Å². The van der Waals surface area contributed by atoms with Gasteiger partial charge in [0.25, 0.3) is 5.91 Å². The minimum absolute atomic E-state index is 0.167. The molecule has 0 bridgehead atoms. The number of aliphatic carboxylic acids is 1. The van der Waals surface area contributed by atoms with Gasteiger partial charge in [0.1, 0.15) is 11.9 Å². The molecule has 2 aromatic rings. The summed E-state index contributed by atoms with van der Waals surface area (Å²) in [5.74, 6) is -2.09.